The van der Waals surface area contributed by atoms with Gasteiger partial charge in [-0.3, -0.25) is 4.79 Å². The van der Waals surface area contributed by atoms with Gasteiger partial charge in [0.05, 0.1) is 12.2 Å². The van der Waals surface area contributed by atoms with Crippen LogP contribution in [0.25, 0.3) is 0 Å². The molecule has 2 aliphatic rings. The number of rotatable bonds is 6. The van der Waals surface area contributed by atoms with Crippen LogP contribution < -0.4 is 10.1 Å². The summed E-state index contributed by atoms with van der Waals surface area (Å²) < 4.78 is 8.08. The third-order valence-electron chi connectivity index (χ3n) is 5.80. The fraction of sp³-hybridized carbons (Fsp3) is 0.545. The van der Waals surface area contributed by atoms with Gasteiger partial charge in [0.25, 0.3) is 5.91 Å². The second-order valence-electron chi connectivity index (χ2n) is 7.88. The van der Waals surface area contributed by atoms with Gasteiger partial charge in [0, 0.05) is 24.2 Å². The predicted molar refractivity (Wildman–Crippen MR) is 110 cm³/mol. The average Bonchev–Trinajstić information content (AvgIpc) is 3.15. The lowest BCUT2D eigenvalue weighted by Crippen LogP contribution is -2.28. The Morgan fingerprint density at radius 1 is 1.21 bits per heavy atom. The maximum Gasteiger partial charge on any atom is 0.258 e. The van der Waals surface area contributed by atoms with E-state index in [2.05, 4.69) is 21.1 Å². The molecule has 1 amide bonds. The fourth-order valence-electron chi connectivity index (χ4n) is 4.32. The van der Waals surface area contributed by atoms with Crippen LogP contribution in [0.4, 0.5) is 0 Å². The number of carbonyl (C=O) groups is 1. The van der Waals surface area contributed by atoms with Gasteiger partial charge in [-0.25, -0.2) is 4.98 Å². The lowest BCUT2D eigenvalue weighted by molar-refractivity contribution is -0.123. The van der Waals surface area contributed by atoms with Crippen molar-refractivity contribution in [2.45, 2.75) is 70.4 Å². The molecule has 28 heavy (non-hydrogen) atoms. The Labute approximate surface area is 171 Å². The minimum absolute atomic E-state index is 0.00885. The molecule has 1 fully saturated rings. The minimum Gasteiger partial charge on any atom is -0.483 e. The van der Waals surface area contributed by atoms with Gasteiger partial charge in [-0.2, -0.15) is 0 Å². The number of benzene rings is 1. The summed E-state index contributed by atoms with van der Waals surface area (Å²) in [6.45, 7) is 1.48. The molecule has 6 heteroatoms. The molecule has 5 nitrogen and oxygen atoms in total. The summed E-state index contributed by atoms with van der Waals surface area (Å²) in [7, 11) is 0. The number of nitrogens with one attached hydrogen (secondary N) is 1. The molecule has 1 aliphatic heterocycles. The van der Waals surface area contributed by atoms with Crippen LogP contribution in [0.2, 0.25) is 5.02 Å². The maximum absolute atomic E-state index is 12.3. The highest BCUT2D eigenvalue weighted by molar-refractivity contribution is 6.30. The van der Waals surface area contributed by atoms with Crippen molar-refractivity contribution in [3.8, 4) is 5.75 Å². The van der Waals surface area contributed by atoms with Gasteiger partial charge in [0.1, 0.15) is 11.6 Å². The summed E-state index contributed by atoms with van der Waals surface area (Å²) in [6.07, 6.45) is 11.6. The highest BCUT2D eigenvalue weighted by Gasteiger charge is 2.20. The molecular formula is C22H28ClN3O2. The molecule has 1 aromatic heterocycles. The molecule has 1 aromatic carbocycles. The summed E-state index contributed by atoms with van der Waals surface area (Å²) in [4.78, 5) is 16.9. The van der Waals surface area contributed by atoms with Crippen molar-refractivity contribution in [1.29, 1.82) is 0 Å². The number of carbonyl (C=O) groups excluding carboxylic acids is 1. The van der Waals surface area contributed by atoms with Crippen LogP contribution in [-0.2, 0) is 24.3 Å². The lowest BCUT2D eigenvalue weighted by Gasteiger charge is -2.24. The highest BCUT2D eigenvalue weighted by Crippen LogP contribution is 2.38. The van der Waals surface area contributed by atoms with E-state index >= 15 is 0 Å². The van der Waals surface area contributed by atoms with Crippen LogP contribution in [0.3, 0.4) is 0 Å². The second kappa shape index (κ2) is 8.99. The number of aryl methyl sites for hydroxylation is 2. The van der Waals surface area contributed by atoms with Gasteiger partial charge in [-0.05, 0) is 55.4 Å². The summed E-state index contributed by atoms with van der Waals surface area (Å²) >= 11 is 6.22. The topological polar surface area (TPSA) is 56.1 Å². The number of imidazole rings is 1. The summed E-state index contributed by atoms with van der Waals surface area (Å²) in [6, 6.07) is 5.72. The maximum atomic E-state index is 12.3. The average molecular weight is 402 g/mol. The van der Waals surface area contributed by atoms with E-state index < -0.39 is 0 Å². The van der Waals surface area contributed by atoms with Crippen LogP contribution in [-0.4, -0.2) is 22.1 Å². The van der Waals surface area contributed by atoms with Gasteiger partial charge in [0.15, 0.2) is 6.61 Å². The van der Waals surface area contributed by atoms with Crippen LogP contribution >= 0.6 is 11.6 Å². The van der Waals surface area contributed by atoms with Crippen molar-refractivity contribution < 1.29 is 9.53 Å². The molecule has 0 bridgehead atoms. The number of ether oxygens (including phenoxy) is 1. The zero-order valence-electron chi connectivity index (χ0n) is 16.3. The first kappa shape index (κ1) is 19.3. The van der Waals surface area contributed by atoms with Gasteiger partial charge in [-0.15, -0.1) is 0 Å². The number of hydrogen-bond acceptors (Lipinski definition) is 3. The Balaban J connectivity index is 1.32. The number of aromatic nitrogens is 2. The normalized spacial score (nSPS) is 17.2. The zero-order chi connectivity index (χ0) is 19.3. The molecular weight excluding hydrogens is 374 g/mol. The van der Waals surface area contributed by atoms with Crippen LogP contribution in [0, 0.1) is 0 Å². The van der Waals surface area contributed by atoms with Crippen molar-refractivity contribution in [3.05, 3.63) is 46.5 Å². The van der Waals surface area contributed by atoms with E-state index in [1.54, 1.807) is 0 Å². The minimum atomic E-state index is -0.129. The van der Waals surface area contributed by atoms with E-state index in [0.29, 0.717) is 12.5 Å². The molecule has 2 heterocycles. The number of nitrogens with zero attached hydrogens (tertiary/aromatic N) is 2. The van der Waals surface area contributed by atoms with Crippen molar-refractivity contribution in [2.24, 2.45) is 0 Å². The number of halogens is 1. The number of amides is 1. The van der Waals surface area contributed by atoms with E-state index in [4.69, 9.17) is 16.3 Å². The summed E-state index contributed by atoms with van der Waals surface area (Å²) in [5.74, 6) is 2.26. The molecule has 2 aromatic rings. The SMILES string of the molecule is O=C(COc1ccc(Cl)cc1C1CCCCC1)NCc1cn2c(n1)CCCC2. The summed E-state index contributed by atoms with van der Waals surface area (Å²) in [5.41, 5.74) is 2.06. The highest BCUT2D eigenvalue weighted by atomic mass is 35.5. The standard InChI is InChI=1S/C22H28ClN3O2/c23-17-9-10-20(19(12-17)16-6-2-1-3-7-16)28-15-22(27)24-13-18-14-26-11-5-4-8-21(26)25-18/h9-10,12,14,16H,1-8,11,13,15H2,(H,24,27). The van der Waals surface area contributed by atoms with Crippen molar-refractivity contribution in [2.75, 3.05) is 6.61 Å². The molecule has 0 radical (unpaired) electrons. The van der Waals surface area contributed by atoms with E-state index in [-0.39, 0.29) is 12.5 Å². The lowest BCUT2D eigenvalue weighted by atomic mass is 9.84. The third kappa shape index (κ3) is 4.69. The number of fused-ring (bicyclic) bond motifs is 1. The van der Waals surface area contributed by atoms with Crippen LogP contribution in [0.1, 0.15) is 67.9 Å². The molecule has 0 saturated heterocycles. The first-order valence-corrected chi connectivity index (χ1v) is 10.8. The van der Waals surface area contributed by atoms with Gasteiger partial charge < -0.3 is 14.6 Å². The quantitative estimate of drug-likeness (QED) is 0.768. The molecule has 0 unspecified atom stereocenters. The molecule has 4 rings (SSSR count). The van der Waals surface area contributed by atoms with E-state index in [1.807, 2.05) is 18.2 Å². The van der Waals surface area contributed by atoms with Crippen LogP contribution in [0.15, 0.2) is 24.4 Å². The summed E-state index contributed by atoms with van der Waals surface area (Å²) in [5, 5.41) is 3.65. The van der Waals surface area contributed by atoms with Crippen LogP contribution in [0.5, 0.6) is 5.75 Å². The van der Waals surface area contributed by atoms with Crippen molar-refractivity contribution >= 4 is 17.5 Å². The molecule has 150 valence electrons. The van der Waals surface area contributed by atoms with Crippen molar-refractivity contribution in [3.63, 3.8) is 0 Å². The van der Waals surface area contributed by atoms with E-state index in [9.17, 15) is 4.79 Å². The van der Waals surface area contributed by atoms with E-state index in [1.165, 1.54) is 32.1 Å². The predicted octanol–water partition coefficient (Wildman–Crippen LogP) is 4.62. The molecule has 1 N–H and O–H groups in total. The smallest absolute Gasteiger partial charge is 0.258 e. The van der Waals surface area contributed by atoms with Crippen molar-refractivity contribution in [1.82, 2.24) is 14.9 Å². The Kier molecular flexibility index (Phi) is 6.20. The zero-order valence-corrected chi connectivity index (χ0v) is 17.0. The second-order valence-corrected chi connectivity index (χ2v) is 8.32. The monoisotopic (exact) mass is 401 g/mol. The molecule has 1 saturated carbocycles. The Morgan fingerprint density at radius 3 is 2.89 bits per heavy atom. The Morgan fingerprint density at radius 2 is 2.07 bits per heavy atom. The first-order chi connectivity index (χ1) is 13.7. The van der Waals surface area contributed by atoms with Gasteiger partial charge in [0.2, 0.25) is 0 Å². The third-order valence-corrected chi connectivity index (χ3v) is 6.04. The molecule has 0 atom stereocenters. The largest absolute Gasteiger partial charge is 0.483 e. The van der Waals surface area contributed by atoms with Gasteiger partial charge in [-0.1, -0.05) is 30.9 Å². The van der Waals surface area contributed by atoms with E-state index in [0.717, 1.165) is 53.7 Å². The van der Waals surface area contributed by atoms with Gasteiger partial charge >= 0.3 is 0 Å². The Hall–Kier alpha value is -2.01. The molecule has 1 aliphatic carbocycles. The first-order valence-electron chi connectivity index (χ1n) is 10.4. The number of hydrogen-bond donors (Lipinski definition) is 1. The Bertz CT molecular complexity index is 804. The molecule has 0 spiro atoms. The fourth-order valence-corrected chi connectivity index (χ4v) is 4.50.